The summed E-state index contributed by atoms with van der Waals surface area (Å²) >= 11 is 6.92. The Morgan fingerprint density at radius 3 is 2.60 bits per heavy atom. The summed E-state index contributed by atoms with van der Waals surface area (Å²) in [6.45, 7) is 4.81. The lowest BCUT2D eigenvalue weighted by Crippen LogP contribution is -2.14. The van der Waals surface area contributed by atoms with Crippen LogP contribution in [0.5, 0.6) is 5.75 Å². The number of hydrogen-bond acceptors (Lipinski definition) is 2. The van der Waals surface area contributed by atoms with Gasteiger partial charge in [0.05, 0.1) is 17.9 Å². The molecule has 25 heavy (non-hydrogen) atoms. The molecule has 0 saturated carbocycles. The molecule has 0 unspecified atom stereocenters. The van der Waals surface area contributed by atoms with Crippen LogP contribution >= 0.6 is 31.9 Å². The number of anilines is 1. The number of benzene rings is 2. The highest BCUT2D eigenvalue weighted by molar-refractivity contribution is 9.10. The van der Waals surface area contributed by atoms with E-state index >= 15 is 0 Å². The molecule has 1 N–H and O–H groups in total. The maximum Gasteiger partial charge on any atom is 0.259 e. The Morgan fingerprint density at radius 2 is 1.88 bits per heavy atom. The molecule has 0 saturated heterocycles. The molecule has 2 aromatic carbocycles. The van der Waals surface area contributed by atoms with Gasteiger partial charge in [-0.05, 0) is 65.2 Å². The van der Waals surface area contributed by atoms with Gasteiger partial charge in [-0.15, -0.1) is 0 Å². The molecule has 0 aliphatic carbocycles. The highest BCUT2D eigenvalue weighted by atomic mass is 79.9. The van der Waals surface area contributed by atoms with E-state index in [1.807, 2.05) is 37.3 Å². The number of amides is 1. The van der Waals surface area contributed by atoms with E-state index in [0.29, 0.717) is 17.9 Å². The molecule has 134 valence electrons. The van der Waals surface area contributed by atoms with E-state index in [1.165, 1.54) is 12.8 Å². The summed E-state index contributed by atoms with van der Waals surface area (Å²) in [4.78, 5) is 12.7. The Labute approximate surface area is 166 Å². The first-order valence-electron chi connectivity index (χ1n) is 8.51. The number of ether oxygens (including phenoxy) is 1. The van der Waals surface area contributed by atoms with Crippen molar-refractivity contribution in [1.29, 1.82) is 0 Å². The van der Waals surface area contributed by atoms with Crippen LogP contribution in [0.15, 0.2) is 45.3 Å². The van der Waals surface area contributed by atoms with E-state index in [9.17, 15) is 4.79 Å². The first-order valence-corrected chi connectivity index (χ1v) is 10.1. The van der Waals surface area contributed by atoms with Crippen LogP contribution in [0, 0.1) is 6.92 Å². The first kappa shape index (κ1) is 20.0. The molecule has 2 rings (SSSR count). The van der Waals surface area contributed by atoms with Crippen molar-refractivity contribution < 1.29 is 9.53 Å². The zero-order valence-corrected chi connectivity index (χ0v) is 17.7. The molecule has 0 atom stereocenters. The molecule has 0 bridgehead atoms. The Balaban J connectivity index is 2.10. The van der Waals surface area contributed by atoms with Gasteiger partial charge in [-0.3, -0.25) is 4.79 Å². The summed E-state index contributed by atoms with van der Waals surface area (Å²) in [5.74, 6) is 0.426. The number of carbonyl (C=O) groups excluding carboxylic acids is 1. The molecule has 2 aromatic rings. The van der Waals surface area contributed by atoms with Crippen molar-refractivity contribution in [3.05, 3.63) is 56.5 Å². The van der Waals surface area contributed by atoms with Crippen LogP contribution in [-0.2, 0) is 0 Å². The second-order valence-corrected chi connectivity index (χ2v) is 7.76. The summed E-state index contributed by atoms with van der Waals surface area (Å²) in [6, 6.07) is 11.3. The van der Waals surface area contributed by atoms with E-state index < -0.39 is 0 Å². The second-order valence-electron chi connectivity index (χ2n) is 5.99. The minimum Gasteiger partial charge on any atom is -0.493 e. The largest absolute Gasteiger partial charge is 0.493 e. The molecule has 0 radical (unpaired) electrons. The quantitative estimate of drug-likeness (QED) is 0.436. The summed E-state index contributed by atoms with van der Waals surface area (Å²) < 4.78 is 7.56. The van der Waals surface area contributed by atoms with Gasteiger partial charge in [0.2, 0.25) is 0 Å². The molecule has 0 aliphatic heterocycles. The molecule has 0 spiro atoms. The van der Waals surface area contributed by atoms with Gasteiger partial charge in [0.1, 0.15) is 5.75 Å². The number of hydrogen-bond donors (Lipinski definition) is 1. The Kier molecular flexibility index (Phi) is 7.97. The summed E-state index contributed by atoms with van der Waals surface area (Å²) in [5, 5.41) is 2.95. The monoisotopic (exact) mass is 467 g/mol. The third-order valence-corrected chi connectivity index (χ3v) is 4.96. The Hall–Kier alpha value is -1.33. The fraction of sp³-hybridized carbons (Fsp3) is 0.350. The third kappa shape index (κ3) is 6.15. The van der Waals surface area contributed by atoms with E-state index in [2.05, 4.69) is 44.1 Å². The van der Waals surface area contributed by atoms with Gasteiger partial charge in [0.15, 0.2) is 0 Å². The van der Waals surface area contributed by atoms with Crippen LogP contribution in [0.2, 0.25) is 0 Å². The van der Waals surface area contributed by atoms with Gasteiger partial charge in [-0.2, -0.15) is 0 Å². The van der Waals surface area contributed by atoms with Gasteiger partial charge in [0.25, 0.3) is 5.91 Å². The fourth-order valence-electron chi connectivity index (χ4n) is 2.43. The predicted molar refractivity (Wildman–Crippen MR) is 111 cm³/mol. The number of carbonyl (C=O) groups is 1. The fourth-order valence-corrected chi connectivity index (χ4v) is 3.38. The van der Waals surface area contributed by atoms with E-state index in [1.54, 1.807) is 6.07 Å². The normalized spacial score (nSPS) is 10.6. The Morgan fingerprint density at radius 1 is 1.08 bits per heavy atom. The van der Waals surface area contributed by atoms with Gasteiger partial charge < -0.3 is 10.1 Å². The number of aryl methyl sites for hydroxylation is 1. The lowest BCUT2D eigenvalue weighted by atomic mass is 10.1. The smallest absolute Gasteiger partial charge is 0.259 e. The second kappa shape index (κ2) is 9.97. The topological polar surface area (TPSA) is 38.3 Å². The van der Waals surface area contributed by atoms with Crippen molar-refractivity contribution in [1.82, 2.24) is 0 Å². The molecular weight excluding hydrogens is 446 g/mol. The molecule has 3 nitrogen and oxygen atoms in total. The van der Waals surface area contributed by atoms with E-state index in [-0.39, 0.29) is 5.91 Å². The van der Waals surface area contributed by atoms with Gasteiger partial charge in [0, 0.05) is 8.95 Å². The van der Waals surface area contributed by atoms with Crippen LogP contribution in [-0.4, -0.2) is 12.5 Å². The van der Waals surface area contributed by atoms with E-state index in [0.717, 1.165) is 33.0 Å². The highest BCUT2D eigenvalue weighted by Crippen LogP contribution is 2.27. The van der Waals surface area contributed by atoms with Gasteiger partial charge >= 0.3 is 0 Å². The third-order valence-electron chi connectivity index (χ3n) is 3.81. The molecule has 0 heterocycles. The molecular formula is C20H23Br2NO2. The minimum absolute atomic E-state index is 0.186. The van der Waals surface area contributed by atoms with Crippen molar-refractivity contribution in [2.75, 3.05) is 11.9 Å². The number of halogens is 2. The highest BCUT2D eigenvalue weighted by Gasteiger charge is 2.15. The van der Waals surface area contributed by atoms with Crippen LogP contribution in [0.3, 0.4) is 0 Å². The number of nitrogens with one attached hydrogen (secondary N) is 1. The predicted octanol–water partition coefficient (Wildman–Crippen LogP) is 6.73. The molecule has 0 fully saturated rings. The molecule has 5 heteroatoms. The van der Waals surface area contributed by atoms with Crippen molar-refractivity contribution in [2.45, 2.75) is 39.5 Å². The minimum atomic E-state index is -0.186. The van der Waals surface area contributed by atoms with Crippen molar-refractivity contribution in [3.8, 4) is 5.75 Å². The van der Waals surface area contributed by atoms with Crippen molar-refractivity contribution in [3.63, 3.8) is 0 Å². The van der Waals surface area contributed by atoms with Crippen LogP contribution in [0.4, 0.5) is 5.69 Å². The summed E-state index contributed by atoms with van der Waals surface area (Å²) in [6.07, 6.45) is 4.54. The average molecular weight is 469 g/mol. The van der Waals surface area contributed by atoms with Gasteiger partial charge in [-0.1, -0.05) is 48.2 Å². The number of unbranched alkanes of at least 4 members (excludes halogenated alkanes) is 3. The van der Waals surface area contributed by atoms with E-state index in [4.69, 9.17) is 4.74 Å². The maximum absolute atomic E-state index is 12.7. The maximum atomic E-state index is 12.7. The van der Waals surface area contributed by atoms with Crippen LogP contribution < -0.4 is 10.1 Å². The average Bonchev–Trinajstić information content (AvgIpc) is 2.58. The van der Waals surface area contributed by atoms with Crippen molar-refractivity contribution >= 4 is 43.5 Å². The zero-order chi connectivity index (χ0) is 18.2. The number of rotatable bonds is 8. The SMILES string of the molecule is CCCCCCOc1ccc(Br)cc1C(=O)Nc1ccc(C)cc1Br. The molecule has 0 aliphatic rings. The van der Waals surface area contributed by atoms with Crippen LogP contribution in [0.1, 0.15) is 48.5 Å². The zero-order valence-electron chi connectivity index (χ0n) is 14.6. The standard InChI is InChI=1S/C20H23Br2NO2/c1-3-4-5-6-11-25-19-10-8-15(21)13-16(19)20(24)23-18-9-7-14(2)12-17(18)22/h7-10,12-13H,3-6,11H2,1-2H3,(H,23,24). The van der Waals surface area contributed by atoms with Crippen LogP contribution in [0.25, 0.3) is 0 Å². The lowest BCUT2D eigenvalue weighted by Gasteiger charge is -2.13. The van der Waals surface area contributed by atoms with Crippen molar-refractivity contribution in [2.24, 2.45) is 0 Å². The summed E-state index contributed by atoms with van der Waals surface area (Å²) in [5.41, 5.74) is 2.39. The van der Waals surface area contributed by atoms with Gasteiger partial charge in [-0.25, -0.2) is 0 Å². The Bertz CT molecular complexity index is 732. The molecule has 1 amide bonds. The molecule has 0 aromatic heterocycles. The summed E-state index contributed by atoms with van der Waals surface area (Å²) in [7, 11) is 0. The first-order chi connectivity index (χ1) is 12.0. The lowest BCUT2D eigenvalue weighted by molar-refractivity contribution is 0.102.